The van der Waals surface area contributed by atoms with E-state index in [4.69, 9.17) is 16.3 Å². The van der Waals surface area contributed by atoms with Crippen molar-refractivity contribution in [2.75, 3.05) is 24.6 Å². The molecule has 0 aliphatic rings. The van der Waals surface area contributed by atoms with Gasteiger partial charge in [0.1, 0.15) is 19.0 Å². The molecule has 0 unspecified atom stereocenters. The second-order valence-corrected chi connectivity index (χ2v) is 3.97. The number of alkyl halides is 1. The maximum Gasteiger partial charge on any atom is 0.326 e. The standard InChI is InChI=1S/C12H15ClN2O4/c1-9(16)18-7-10-4-3-5-14-12(10)15(2)6-11(17)19-8-13/h3-5H,6-8H2,1-2H3. The van der Waals surface area contributed by atoms with E-state index in [9.17, 15) is 9.59 Å². The van der Waals surface area contributed by atoms with Crippen LogP contribution in [0.15, 0.2) is 18.3 Å². The first-order chi connectivity index (χ1) is 9.04. The molecular weight excluding hydrogens is 272 g/mol. The second kappa shape index (κ2) is 7.58. The van der Waals surface area contributed by atoms with Gasteiger partial charge >= 0.3 is 11.9 Å². The number of ether oxygens (including phenoxy) is 2. The Balaban J connectivity index is 2.75. The van der Waals surface area contributed by atoms with E-state index in [2.05, 4.69) is 9.72 Å². The molecule has 0 aliphatic carbocycles. The molecule has 1 aromatic heterocycles. The molecule has 1 aromatic rings. The molecule has 0 bridgehead atoms. The van der Waals surface area contributed by atoms with Gasteiger partial charge < -0.3 is 14.4 Å². The van der Waals surface area contributed by atoms with Gasteiger partial charge in [-0.1, -0.05) is 17.7 Å². The smallest absolute Gasteiger partial charge is 0.326 e. The first-order valence-corrected chi connectivity index (χ1v) is 6.08. The fourth-order valence-corrected chi connectivity index (χ4v) is 1.56. The Morgan fingerprint density at radius 1 is 1.42 bits per heavy atom. The normalized spacial score (nSPS) is 9.84. The van der Waals surface area contributed by atoms with Crippen LogP contribution in [0.3, 0.4) is 0 Å². The summed E-state index contributed by atoms with van der Waals surface area (Å²) >= 11 is 5.31. The highest BCUT2D eigenvalue weighted by molar-refractivity contribution is 6.17. The van der Waals surface area contributed by atoms with Gasteiger partial charge in [-0.25, -0.2) is 4.98 Å². The molecule has 0 radical (unpaired) electrons. The number of hydrogen-bond donors (Lipinski definition) is 0. The van der Waals surface area contributed by atoms with Crippen molar-refractivity contribution in [3.8, 4) is 0 Å². The molecule has 0 saturated heterocycles. The van der Waals surface area contributed by atoms with Gasteiger partial charge in [0.05, 0.1) is 0 Å². The SMILES string of the molecule is CC(=O)OCc1cccnc1N(C)CC(=O)OCCl. The predicted molar refractivity (Wildman–Crippen MR) is 69.8 cm³/mol. The highest BCUT2D eigenvalue weighted by Gasteiger charge is 2.13. The number of pyridine rings is 1. The molecule has 0 N–H and O–H groups in total. The maximum atomic E-state index is 11.3. The van der Waals surface area contributed by atoms with Crippen LogP contribution in [0.4, 0.5) is 5.82 Å². The van der Waals surface area contributed by atoms with Gasteiger partial charge in [-0.05, 0) is 6.07 Å². The lowest BCUT2D eigenvalue weighted by molar-refractivity contribution is -0.142. The van der Waals surface area contributed by atoms with Crippen LogP contribution in [-0.4, -0.2) is 36.6 Å². The Morgan fingerprint density at radius 3 is 2.79 bits per heavy atom. The summed E-state index contributed by atoms with van der Waals surface area (Å²) in [6.45, 7) is 1.45. The lowest BCUT2D eigenvalue weighted by atomic mass is 10.2. The molecule has 1 rings (SSSR count). The Bertz CT molecular complexity index is 453. The molecule has 0 spiro atoms. The molecule has 19 heavy (non-hydrogen) atoms. The lowest BCUT2D eigenvalue weighted by Crippen LogP contribution is -2.28. The van der Waals surface area contributed by atoms with E-state index in [1.165, 1.54) is 6.92 Å². The van der Waals surface area contributed by atoms with Crippen LogP contribution in [-0.2, 0) is 25.7 Å². The lowest BCUT2D eigenvalue weighted by Gasteiger charge is -2.19. The molecule has 1 heterocycles. The average Bonchev–Trinajstić information content (AvgIpc) is 2.36. The van der Waals surface area contributed by atoms with E-state index < -0.39 is 5.97 Å². The summed E-state index contributed by atoms with van der Waals surface area (Å²) in [6, 6.07) is 3.32. The maximum absolute atomic E-state index is 11.3. The number of aromatic nitrogens is 1. The van der Waals surface area contributed by atoms with Gasteiger partial charge in [0.25, 0.3) is 0 Å². The Morgan fingerprint density at radius 2 is 2.16 bits per heavy atom. The third-order valence-electron chi connectivity index (χ3n) is 2.24. The van der Waals surface area contributed by atoms with E-state index in [1.807, 2.05) is 0 Å². The van der Waals surface area contributed by atoms with Crippen LogP contribution in [0.5, 0.6) is 0 Å². The minimum Gasteiger partial charge on any atom is -0.461 e. The minimum absolute atomic E-state index is 0.0107. The Kier molecular flexibility index (Phi) is 6.08. The topological polar surface area (TPSA) is 68.7 Å². The highest BCUT2D eigenvalue weighted by Crippen LogP contribution is 2.16. The number of likely N-dealkylation sites (N-methyl/N-ethyl adjacent to an activating group) is 1. The number of esters is 2. The third kappa shape index (κ3) is 5.13. The fourth-order valence-electron chi connectivity index (χ4n) is 1.44. The van der Waals surface area contributed by atoms with Crippen LogP contribution >= 0.6 is 11.6 Å². The van der Waals surface area contributed by atoms with E-state index in [1.54, 1.807) is 30.3 Å². The number of hydrogen-bond acceptors (Lipinski definition) is 6. The zero-order chi connectivity index (χ0) is 14.3. The van der Waals surface area contributed by atoms with Crippen molar-refractivity contribution in [2.45, 2.75) is 13.5 Å². The monoisotopic (exact) mass is 286 g/mol. The molecule has 0 atom stereocenters. The van der Waals surface area contributed by atoms with Crippen LogP contribution in [0, 0.1) is 0 Å². The van der Waals surface area contributed by atoms with E-state index in [0.717, 1.165) is 0 Å². The minimum atomic E-state index is -0.457. The molecule has 0 aromatic carbocycles. The summed E-state index contributed by atoms with van der Waals surface area (Å²) < 4.78 is 9.57. The van der Waals surface area contributed by atoms with Crippen molar-refractivity contribution in [3.05, 3.63) is 23.9 Å². The van der Waals surface area contributed by atoms with Crippen molar-refractivity contribution >= 4 is 29.4 Å². The molecule has 0 fully saturated rings. The first kappa shape index (κ1) is 15.2. The highest BCUT2D eigenvalue weighted by atomic mass is 35.5. The first-order valence-electron chi connectivity index (χ1n) is 5.54. The van der Waals surface area contributed by atoms with Crippen molar-refractivity contribution in [3.63, 3.8) is 0 Å². The summed E-state index contributed by atoms with van der Waals surface area (Å²) in [5, 5.41) is 0. The van der Waals surface area contributed by atoms with Crippen LogP contribution in [0.2, 0.25) is 0 Å². The zero-order valence-electron chi connectivity index (χ0n) is 10.8. The number of carbonyl (C=O) groups is 2. The van der Waals surface area contributed by atoms with E-state index in [-0.39, 0.29) is 25.2 Å². The third-order valence-corrected chi connectivity index (χ3v) is 2.35. The van der Waals surface area contributed by atoms with Gasteiger partial charge in [-0.15, -0.1) is 0 Å². The average molecular weight is 287 g/mol. The van der Waals surface area contributed by atoms with Crippen LogP contribution in [0.25, 0.3) is 0 Å². The van der Waals surface area contributed by atoms with Crippen LogP contribution < -0.4 is 4.90 Å². The van der Waals surface area contributed by atoms with Gasteiger partial charge in [-0.2, -0.15) is 0 Å². The molecule has 104 valence electrons. The second-order valence-electron chi connectivity index (χ2n) is 3.75. The van der Waals surface area contributed by atoms with Gasteiger partial charge in [-0.3, -0.25) is 9.59 Å². The quantitative estimate of drug-likeness (QED) is 0.580. The van der Waals surface area contributed by atoms with Gasteiger partial charge in [0, 0.05) is 25.7 Å². The number of nitrogens with zero attached hydrogens (tertiary/aromatic N) is 2. The number of carbonyl (C=O) groups excluding carboxylic acids is 2. The largest absolute Gasteiger partial charge is 0.461 e. The number of anilines is 1. The van der Waals surface area contributed by atoms with E-state index in [0.29, 0.717) is 11.4 Å². The van der Waals surface area contributed by atoms with Crippen molar-refractivity contribution in [1.29, 1.82) is 0 Å². The zero-order valence-corrected chi connectivity index (χ0v) is 11.5. The Hall–Kier alpha value is -1.82. The van der Waals surface area contributed by atoms with Crippen molar-refractivity contribution in [1.82, 2.24) is 4.98 Å². The summed E-state index contributed by atoms with van der Waals surface area (Å²) in [6.07, 6.45) is 1.59. The summed E-state index contributed by atoms with van der Waals surface area (Å²) in [5.41, 5.74) is 0.707. The molecule has 6 nitrogen and oxygen atoms in total. The molecular formula is C12H15ClN2O4. The Labute approximate surface area is 116 Å². The van der Waals surface area contributed by atoms with Crippen LogP contribution in [0.1, 0.15) is 12.5 Å². The molecule has 0 amide bonds. The van der Waals surface area contributed by atoms with Crippen molar-refractivity contribution < 1.29 is 19.1 Å². The molecule has 7 heteroatoms. The fraction of sp³-hybridized carbons (Fsp3) is 0.417. The molecule has 0 saturated carbocycles. The van der Waals surface area contributed by atoms with Gasteiger partial charge in [0.15, 0.2) is 6.07 Å². The van der Waals surface area contributed by atoms with Gasteiger partial charge in [0.2, 0.25) is 0 Å². The predicted octanol–water partition coefficient (Wildman–Crippen LogP) is 1.32. The van der Waals surface area contributed by atoms with E-state index >= 15 is 0 Å². The number of rotatable bonds is 6. The van der Waals surface area contributed by atoms with Crippen molar-refractivity contribution in [2.24, 2.45) is 0 Å². The summed E-state index contributed by atoms with van der Waals surface area (Å²) in [5.74, 6) is -0.282. The number of halogens is 1. The summed E-state index contributed by atoms with van der Waals surface area (Å²) in [7, 11) is 1.69. The molecule has 0 aliphatic heterocycles. The summed E-state index contributed by atoms with van der Waals surface area (Å²) in [4.78, 5) is 27.9.